The summed E-state index contributed by atoms with van der Waals surface area (Å²) < 4.78 is 5.16. The fraction of sp³-hybridized carbons (Fsp3) is 0.391. The molecule has 2 rings (SSSR count). The van der Waals surface area contributed by atoms with Gasteiger partial charge in [-0.2, -0.15) is 0 Å². The van der Waals surface area contributed by atoms with Gasteiger partial charge in [0.15, 0.2) is 0 Å². The van der Waals surface area contributed by atoms with E-state index in [9.17, 15) is 28.8 Å². The number of carboxylic acids is 1. The van der Waals surface area contributed by atoms with Crippen LogP contribution in [0.5, 0.6) is 0 Å². The van der Waals surface area contributed by atoms with Gasteiger partial charge in [-0.25, -0.2) is 4.79 Å². The first-order valence-electron chi connectivity index (χ1n) is 10.8. The molecule has 12 heteroatoms. The van der Waals surface area contributed by atoms with Crippen LogP contribution >= 0.6 is 0 Å². The van der Waals surface area contributed by atoms with Crippen molar-refractivity contribution in [1.29, 1.82) is 0 Å². The number of fused-ring (bicyclic) bond motifs is 1. The molecule has 0 aliphatic carbocycles. The van der Waals surface area contributed by atoms with E-state index in [1.54, 1.807) is 19.1 Å². The Bertz CT molecular complexity index is 1210. The molecule has 35 heavy (non-hydrogen) atoms. The third-order valence-electron chi connectivity index (χ3n) is 5.06. The molecule has 3 atom stereocenters. The van der Waals surface area contributed by atoms with Gasteiger partial charge >= 0.3 is 11.6 Å². The Balaban J connectivity index is 1.89. The maximum absolute atomic E-state index is 12.5. The minimum atomic E-state index is -1.14. The number of nitrogens with one attached hydrogen (secondary N) is 4. The van der Waals surface area contributed by atoms with Crippen molar-refractivity contribution < 1.29 is 33.5 Å². The topological polar surface area (TPSA) is 184 Å². The monoisotopic (exact) mass is 488 g/mol. The quantitative estimate of drug-likeness (QED) is 0.298. The number of rotatable bonds is 10. The van der Waals surface area contributed by atoms with Crippen molar-refractivity contribution in [2.45, 2.75) is 58.7 Å². The van der Waals surface area contributed by atoms with Crippen molar-refractivity contribution in [2.75, 3.05) is 5.32 Å². The second kappa shape index (κ2) is 11.8. The van der Waals surface area contributed by atoms with E-state index >= 15 is 0 Å². The van der Waals surface area contributed by atoms with Gasteiger partial charge in [-0.15, -0.1) is 0 Å². The van der Waals surface area contributed by atoms with Crippen LogP contribution in [0.2, 0.25) is 0 Å². The second-order valence-electron chi connectivity index (χ2n) is 8.09. The zero-order chi connectivity index (χ0) is 26.3. The van der Waals surface area contributed by atoms with E-state index in [2.05, 4.69) is 21.3 Å². The summed E-state index contributed by atoms with van der Waals surface area (Å²) in [6.45, 7) is 6.02. The molecule has 0 aliphatic rings. The molecular weight excluding hydrogens is 460 g/mol. The smallest absolute Gasteiger partial charge is 0.336 e. The van der Waals surface area contributed by atoms with E-state index in [1.165, 1.54) is 32.9 Å². The first kappa shape index (κ1) is 27.0. The Kier molecular flexibility index (Phi) is 9.09. The molecule has 0 unspecified atom stereocenters. The molecule has 188 valence electrons. The minimum absolute atomic E-state index is 0.279. The van der Waals surface area contributed by atoms with E-state index in [1.807, 2.05) is 0 Å². The number of hydrogen-bond acceptors (Lipinski definition) is 7. The van der Waals surface area contributed by atoms with Crippen LogP contribution in [0, 0.1) is 6.92 Å². The summed E-state index contributed by atoms with van der Waals surface area (Å²) in [6, 6.07) is 3.23. The fourth-order valence-electron chi connectivity index (χ4n) is 3.06. The van der Waals surface area contributed by atoms with Gasteiger partial charge in [0.25, 0.3) is 0 Å². The Morgan fingerprint density at radius 1 is 0.857 bits per heavy atom. The number of aliphatic carboxylic acids is 1. The lowest BCUT2D eigenvalue weighted by molar-refractivity contribution is -0.139. The van der Waals surface area contributed by atoms with Crippen molar-refractivity contribution in [1.82, 2.24) is 16.0 Å². The molecule has 1 aromatic carbocycles. The summed E-state index contributed by atoms with van der Waals surface area (Å²) in [5.74, 6) is -3.57. The van der Waals surface area contributed by atoms with Crippen LogP contribution in [0.1, 0.15) is 39.2 Å². The van der Waals surface area contributed by atoms with Crippen molar-refractivity contribution in [3.05, 3.63) is 40.2 Å². The van der Waals surface area contributed by atoms with Crippen molar-refractivity contribution in [2.24, 2.45) is 0 Å². The van der Waals surface area contributed by atoms with Gasteiger partial charge in [0, 0.05) is 29.6 Å². The van der Waals surface area contributed by atoms with E-state index in [-0.39, 0.29) is 12.8 Å². The van der Waals surface area contributed by atoms with Gasteiger partial charge in [-0.05, 0) is 45.4 Å². The van der Waals surface area contributed by atoms with Crippen LogP contribution < -0.4 is 26.9 Å². The maximum atomic E-state index is 12.5. The highest BCUT2D eigenvalue weighted by Gasteiger charge is 2.24. The number of carboxylic acid groups (broad SMARTS) is 1. The number of aryl methyl sites for hydroxylation is 1. The van der Waals surface area contributed by atoms with Crippen molar-refractivity contribution in [3.8, 4) is 0 Å². The average molecular weight is 488 g/mol. The third kappa shape index (κ3) is 7.95. The Morgan fingerprint density at radius 3 is 2.03 bits per heavy atom. The summed E-state index contributed by atoms with van der Waals surface area (Å²) in [7, 11) is 0. The Hall–Kier alpha value is -4.22. The highest BCUT2D eigenvalue weighted by Crippen LogP contribution is 2.20. The van der Waals surface area contributed by atoms with Crippen LogP contribution in [0.3, 0.4) is 0 Å². The molecule has 0 saturated heterocycles. The lowest BCUT2D eigenvalue weighted by Crippen LogP contribution is -2.54. The largest absolute Gasteiger partial charge is 0.481 e. The van der Waals surface area contributed by atoms with Gasteiger partial charge in [0.05, 0.1) is 6.42 Å². The third-order valence-corrected chi connectivity index (χ3v) is 5.06. The summed E-state index contributed by atoms with van der Waals surface area (Å²) in [6.07, 6.45) is -0.648. The van der Waals surface area contributed by atoms with E-state index in [0.29, 0.717) is 11.3 Å². The first-order chi connectivity index (χ1) is 16.4. The van der Waals surface area contributed by atoms with Gasteiger partial charge < -0.3 is 30.8 Å². The molecule has 0 fully saturated rings. The molecule has 1 aromatic heterocycles. The van der Waals surface area contributed by atoms with Gasteiger partial charge in [0.1, 0.15) is 23.7 Å². The number of amides is 4. The van der Waals surface area contributed by atoms with Gasteiger partial charge in [0.2, 0.25) is 23.6 Å². The molecule has 0 aliphatic heterocycles. The van der Waals surface area contributed by atoms with Gasteiger partial charge in [-0.3, -0.25) is 24.0 Å². The summed E-state index contributed by atoms with van der Waals surface area (Å²) in [4.78, 5) is 70.9. The van der Waals surface area contributed by atoms with Crippen LogP contribution in [-0.4, -0.2) is 52.8 Å². The number of anilines is 1. The number of carbonyl (C=O) groups excluding carboxylic acids is 4. The first-order valence-corrected chi connectivity index (χ1v) is 10.8. The van der Waals surface area contributed by atoms with E-state index in [0.717, 1.165) is 10.9 Å². The molecule has 2 aromatic rings. The Morgan fingerprint density at radius 2 is 1.43 bits per heavy atom. The van der Waals surface area contributed by atoms with Crippen molar-refractivity contribution in [3.63, 3.8) is 0 Å². The SMILES string of the molecule is Cc1cc(=O)oc2cc(NC(=O)[C@H](C)NC(=O)[C@@H](C)NC(=O)[C@@H](C)NC(=O)CCC(=O)O)ccc12. The maximum Gasteiger partial charge on any atom is 0.336 e. The normalized spacial score (nSPS) is 13.3. The molecule has 4 amide bonds. The number of benzene rings is 1. The van der Waals surface area contributed by atoms with E-state index in [4.69, 9.17) is 9.52 Å². The number of carbonyl (C=O) groups is 5. The molecule has 0 saturated carbocycles. The minimum Gasteiger partial charge on any atom is -0.481 e. The molecule has 0 spiro atoms. The predicted octanol–water partition coefficient (Wildman–Crippen LogP) is 0.419. The highest BCUT2D eigenvalue weighted by molar-refractivity contribution is 5.99. The second-order valence-corrected chi connectivity index (χ2v) is 8.09. The average Bonchev–Trinajstić information content (AvgIpc) is 2.76. The fourth-order valence-corrected chi connectivity index (χ4v) is 3.06. The zero-order valence-corrected chi connectivity index (χ0v) is 19.8. The summed E-state index contributed by atoms with van der Waals surface area (Å²) in [5, 5.41) is 19.2. The van der Waals surface area contributed by atoms with Gasteiger partial charge in [-0.1, -0.05) is 0 Å². The standard InChI is InChI=1S/C23H28N4O8/c1-11-9-20(31)35-17-10-15(5-6-16(11)17)27-23(34)14(4)26-22(33)13(3)25-21(32)12(2)24-18(28)7-8-19(29)30/h5-6,9-10,12-14H,7-8H2,1-4H3,(H,24,28)(H,25,32)(H,26,33)(H,27,34)(H,29,30)/t12-,13-,14+/m1/s1. The van der Waals surface area contributed by atoms with Crippen LogP contribution in [0.15, 0.2) is 33.5 Å². The Labute approximate surface area is 200 Å². The molecular formula is C23H28N4O8. The van der Waals surface area contributed by atoms with E-state index < -0.39 is 53.3 Å². The molecule has 12 nitrogen and oxygen atoms in total. The van der Waals surface area contributed by atoms with Crippen LogP contribution in [0.4, 0.5) is 5.69 Å². The van der Waals surface area contributed by atoms with Crippen LogP contribution in [-0.2, 0) is 24.0 Å². The summed E-state index contributed by atoms with van der Waals surface area (Å²) >= 11 is 0. The molecule has 1 heterocycles. The predicted molar refractivity (Wildman–Crippen MR) is 126 cm³/mol. The molecule has 0 radical (unpaired) electrons. The van der Waals surface area contributed by atoms with Crippen molar-refractivity contribution >= 4 is 46.3 Å². The number of hydrogen-bond donors (Lipinski definition) is 5. The highest BCUT2D eigenvalue weighted by atomic mass is 16.4. The van der Waals surface area contributed by atoms with Crippen LogP contribution in [0.25, 0.3) is 11.0 Å². The molecule has 5 N–H and O–H groups in total. The summed E-state index contributed by atoms with van der Waals surface area (Å²) in [5.41, 5.74) is 0.903. The molecule has 0 bridgehead atoms. The zero-order valence-electron chi connectivity index (χ0n) is 19.8. The lowest BCUT2D eigenvalue weighted by atomic mass is 10.1. The lowest BCUT2D eigenvalue weighted by Gasteiger charge is -2.20.